The molecule has 5 atom stereocenters. The summed E-state index contributed by atoms with van der Waals surface area (Å²) in [5, 5.41) is 9.37. The van der Waals surface area contributed by atoms with Crippen LogP contribution in [0.3, 0.4) is 0 Å². The number of hydrogen-bond acceptors (Lipinski definition) is 5. The molecule has 4 aliphatic rings. The SMILES string of the molecule is CC(C)(C)CC(C)(C)N1CC=C[C@]23S[C@]4(C)C=CCN(Cc5ccccc5)C(=O)[C@@H]4[C@H]2C(=O)N(CCCCCO)C3C1=O. The number of aliphatic hydroxyl groups excluding tert-OH is 1. The Kier molecular flexibility index (Phi) is 8.69. The molecule has 8 heteroatoms. The van der Waals surface area contributed by atoms with Crippen LogP contribution in [-0.2, 0) is 20.9 Å². The average molecular weight is 608 g/mol. The molecule has 2 fully saturated rings. The molecule has 0 aromatic heterocycles. The van der Waals surface area contributed by atoms with E-state index in [-0.39, 0.29) is 29.7 Å². The van der Waals surface area contributed by atoms with Crippen LogP contribution < -0.4 is 0 Å². The van der Waals surface area contributed by atoms with Crippen molar-refractivity contribution in [2.75, 3.05) is 26.2 Å². The quantitative estimate of drug-likeness (QED) is 0.314. The first-order valence-electron chi connectivity index (χ1n) is 15.9. The molecule has 5 rings (SSSR count). The standard InChI is InChI=1S/C35H49N3O4S/c1-32(2,3)24-33(4,5)38-21-14-18-35-27(30(41)37(28(35)31(38)42)20-11-8-12-22-39)26-29(40)36(19-13-17-34(26,6)43-35)23-25-15-9-7-10-16-25/h7,9-10,13-18,26-28,39H,8,11-12,19-24H2,1-6H3/t26-,27-,28?,34+,35-/m0/s1. The van der Waals surface area contributed by atoms with E-state index in [0.717, 1.165) is 18.4 Å². The molecular formula is C35H49N3O4S. The van der Waals surface area contributed by atoms with Crippen molar-refractivity contribution < 1.29 is 19.5 Å². The fourth-order valence-electron chi connectivity index (χ4n) is 8.27. The maximum atomic E-state index is 14.8. The highest BCUT2D eigenvalue weighted by Crippen LogP contribution is 2.65. The third kappa shape index (κ3) is 5.82. The molecule has 0 saturated carbocycles. The van der Waals surface area contributed by atoms with E-state index in [0.29, 0.717) is 39.0 Å². The van der Waals surface area contributed by atoms with E-state index >= 15 is 0 Å². The van der Waals surface area contributed by atoms with Crippen LogP contribution in [0.2, 0.25) is 0 Å². The molecule has 1 spiro atoms. The number of nitrogens with zero attached hydrogens (tertiary/aromatic N) is 3. The predicted molar refractivity (Wildman–Crippen MR) is 172 cm³/mol. The molecule has 0 aliphatic carbocycles. The lowest BCUT2D eigenvalue weighted by Crippen LogP contribution is -2.58. The number of benzene rings is 1. The van der Waals surface area contributed by atoms with Gasteiger partial charge in [-0.25, -0.2) is 0 Å². The molecule has 3 amide bonds. The molecule has 2 saturated heterocycles. The molecular weight excluding hydrogens is 558 g/mol. The second-order valence-corrected chi connectivity index (χ2v) is 16.6. The average Bonchev–Trinajstić information content (AvgIpc) is 3.18. The third-order valence-corrected chi connectivity index (χ3v) is 11.4. The van der Waals surface area contributed by atoms with Gasteiger partial charge in [0.15, 0.2) is 0 Å². The van der Waals surface area contributed by atoms with Crippen LogP contribution in [0.25, 0.3) is 0 Å². The van der Waals surface area contributed by atoms with Crippen molar-refractivity contribution in [2.24, 2.45) is 17.3 Å². The van der Waals surface area contributed by atoms with Gasteiger partial charge in [-0.2, -0.15) is 0 Å². The first kappa shape index (κ1) is 31.8. The highest BCUT2D eigenvalue weighted by molar-refractivity contribution is 8.02. The van der Waals surface area contributed by atoms with Crippen molar-refractivity contribution in [1.82, 2.24) is 14.7 Å². The first-order chi connectivity index (χ1) is 20.2. The van der Waals surface area contributed by atoms with Crippen molar-refractivity contribution in [1.29, 1.82) is 0 Å². The lowest BCUT2D eigenvalue weighted by molar-refractivity contribution is -0.147. The summed E-state index contributed by atoms with van der Waals surface area (Å²) in [4.78, 5) is 49.6. The minimum Gasteiger partial charge on any atom is -0.396 e. The number of likely N-dealkylation sites (tertiary alicyclic amines) is 1. The van der Waals surface area contributed by atoms with Gasteiger partial charge >= 0.3 is 0 Å². The van der Waals surface area contributed by atoms with Crippen LogP contribution in [0.1, 0.15) is 72.8 Å². The molecule has 0 bridgehead atoms. The number of amides is 3. The number of carbonyl (C=O) groups excluding carboxylic acids is 3. The molecule has 4 aliphatic heterocycles. The molecule has 0 radical (unpaired) electrons. The third-order valence-electron chi connectivity index (χ3n) is 9.61. The van der Waals surface area contributed by atoms with Crippen LogP contribution in [0.5, 0.6) is 0 Å². The second-order valence-electron chi connectivity index (χ2n) is 14.8. The van der Waals surface area contributed by atoms with E-state index in [1.54, 1.807) is 16.7 Å². The minimum atomic E-state index is -0.840. The molecule has 1 N–H and O–H groups in total. The molecule has 43 heavy (non-hydrogen) atoms. The summed E-state index contributed by atoms with van der Waals surface area (Å²) >= 11 is 1.65. The van der Waals surface area contributed by atoms with Crippen LogP contribution in [0, 0.1) is 17.3 Å². The van der Waals surface area contributed by atoms with Crippen LogP contribution in [0.15, 0.2) is 54.6 Å². The molecule has 1 aromatic carbocycles. The Bertz CT molecular complexity index is 1290. The van der Waals surface area contributed by atoms with E-state index in [1.165, 1.54) is 0 Å². The lowest BCUT2D eigenvalue weighted by Gasteiger charge is -2.44. The molecule has 1 unspecified atom stereocenters. The van der Waals surface area contributed by atoms with E-state index in [1.807, 2.05) is 40.1 Å². The molecule has 7 nitrogen and oxygen atoms in total. The Hall–Kier alpha value is -2.58. The highest BCUT2D eigenvalue weighted by atomic mass is 32.2. The van der Waals surface area contributed by atoms with Gasteiger partial charge in [0.05, 0.1) is 16.6 Å². The van der Waals surface area contributed by atoms with Crippen molar-refractivity contribution in [3.05, 3.63) is 60.2 Å². The monoisotopic (exact) mass is 607 g/mol. The zero-order chi connectivity index (χ0) is 31.2. The van der Waals surface area contributed by atoms with E-state index in [2.05, 4.69) is 65.8 Å². The Morgan fingerprint density at radius 1 is 0.884 bits per heavy atom. The van der Waals surface area contributed by atoms with Gasteiger partial charge in [-0.1, -0.05) is 75.4 Å². The Balaban J connectivity index is 1.56. The number of fused-ring (bicyclic) bond motifs is 2. The number of unbranched alkanes of at least 4 members (excludes halogenated alkanes) is 2. The summed E-state index contributed by atoms with van der Waals surface area (Å²) in [6.07, 6.45) is 11.3. The second kappa shape index (κ2) is 11.7. The van der Waals surface area contributed by atoms with Gasteiger partial charge in [0, 0.05) is 43.1 Å². The number of thioether (sulfide) groups is 1. The van der Waals surface area contributed by atoms with Gasteiger partial charge in [-0.05, 0) is 57.4 Å². The summed E-state index contributed by atoms with van der Waals surface area (Å²) < 4.78 is -1.46. The summed E-state index contributed by atoms with van der Waals surface area (Å²) in [5.41, 5.74) is 0.641. The van der Waals surface area contributed by atoms with Gasteiger partial charge in [0.25, 0.3) is 0 Å². The van der Waals surface area contributed by atoms with Crippen molar-refractivity contribution >= 4 is 29.5 Å². The van der Waals surface area contributed by atoms with Gasteiger partial charge in [-0.3, -0.25) is 14.4 Å². The normalized spacial score (nSPS) is 30.8. The Morgan fingerprint density at radius 2 is 1.58 bits per heavy atom. The summed E-state index contributed by atoms with van der Waals surface area (Å²) in [6, 6.07) is 9.29. The van der Waals surface area contributed by atoms with E-state index < -0.39 is 32.9 Å². The maximum Gasteiger partial charge on any atom is 0.247 e. The van der Waals surface area contributed by atoms with E-state index in [4.69, 9.17) is 0 Å². The van der Waals surface area contributed by atoms with Gasteiger partial charge < -0.3 is 19.8 Å². The summed E-state index contributed by atoms with van der Waals surface area (Å²) in [7, 11) is 0. The fourth-order valence-corrected chi connectivity index (χ4v) is 10.4. The molecule has 1 aromatic rings. The van der Waals surface area contributed by atoms with Gasteiger partial charge in [0.1, 0.15) is 6.04 Å². The zero-order valence-corrected chi connectivity index (χ0v) is 27.5. The first-order valence-corrected chi connectivity index (χ1v) is 16.7. The number of hydrogen-bond donors (Lipinski definition) is 1. The van der Waals surface area contributed by atoms with Crippen LogP contribution >= 0.6 is 11.8 Å². The lowest BCUT2D eigenvalue weighted by atomic mass is 9.74. The smallest absolute Gasteiger partial charge is 0.247 e. The number of rotatable bonds is 9. The van der Waals surface area contributed by atoms with Crippen molar-refractivity contribution in [2.45, 2.75) is 94.8 Å². The fraction of sp³-hybridized carbons (Fsp3) is 0.629. The van der Waals surface area contributed by atoms with E-state index in [9.17, 15) is 19.5 Å². The van der Waals surface area contributed by atoms with Gasteiger partial charge in [-0.15, -0.1) is 11.8 Å². The topological polar surface area (TPSA) is 81.2 Å². The molecule has 4 heterocycles. The molecule has 234 valence electrons. The predicted octanol–water partition coefficient (Wildman–Crippen LogP) is 5.05. The van der Waals surface area contributed by atoms with Crippen LogP contribution in [-0.4, -0.2) is 84.8 Å². The van der Waals surface area contributed by atoms with Crippen molar-refractivity contribution in [3.8, 4) is 0 Å². The summed E-state index contributed by atoms with van der Waals surface area (Å²) in [5.74, 6) is -1.35. The van der Waals surface area contributed by atoms with Gasteiger partial charge in [0.2, 0.25) is 17.7 Å². The zero-order valence-electron chi connectivity index (χ0n) is 26.7. The minimum absolute atomic E-state index is 0.0116. The Labute approximate surface area is 261 Å². The summed E-state index contributed by atoms with van der Waals surface area (Å²) in [6.45, 7) is 14.9. The highest BCUT2D eigenvalue weighted by Gasteiger charge is 2.74. The van der Waals surface area contributed by atoms with Crippen LogP contribution in [0.4, 0.5) is 0 Å². The maximum absolute atomic E-state index is 14.8. The van der Waals surface area contributed by atoms with Crippen molar-refractivity contribution in [3.63, 3.8) is 0 Å². The number of aliphatic hydroxyl groups is 1. The number of carbonyl (C=O) groups is 3. The largest absolute Gasteiger partial charge is 0.396 e. The Morgan fingerprint density at radius 3 is 2.26 bits per heavy atom.